The van der Waals surface area contributed by atoms with Gasteiger partial charge < -0.3 is 10.2 Å². The maximum Gasteiger partial charge on any atom is 0.321 e. The topological polar surface area (TPSA) is 35.6 Å². The highest BCUT2D eigenvalue weighted by atomic mass is 35.5. The summed E-state index contributed by atoms with van der Waals surface area (Å²) in [6.07, 6.45) is 0.845. The smallest absolute Gasteiger partial charge is 0.321 e. The molecule has 0 spiro atoms. The SMILES string of the molecule is CC(C)N1CCN(C(=O)Nc2ccccc2SCC2CC2(Cl)Cl)CC1. The molecule has 0 bridgehead atoms. The Morgan fingerprint density at radius 2 is 1.92 bits per heavy atom. The van der Waals surface area contributed by atoms with E-state index >= 15 is 0 Å². The van der Waals surface area contributed by atoms with Gasteiger partial charge in [-0.15, -0.1) is 35.0 Å². The first-order chi connectivity index (χ1) is 11.9. The molecular formula is C18H25Cl2N3OS. The molecule has 1 unspecified atom stereocenters. The van der Waals surface area contributed by atoms with Gasteiger partial charge >= 0.3 is 6.03 Å². The van der Waals surface area contributed by atoms with Crippen molar-refractivity contribution in [2.45, 2.75) is 35.5 Å². The lowest BCUT2D eigenvalue weighted by Gasteiger charge is -2.36. The van der Waals surface area contributed by atoms with Crippen molar-refractivity contribution in [2.75, 3.05) is 37.2 Å². The summed E-state index contributed by atoms with van der Waals surface area (Å²) in [4.78, 5) is 17.9. The van der Waals surface area contributed by atoms with Crippen LogP contribution in [-0.4, -0.2) is 58.1 Å². The monoisotopic (exact) mass is 401 g/mol. The first kappa shape index (κ1) is 19.2. The van der Waals surface area contributed by atoms with Gasteiger partial charge in [0.25, 0.3) is 0 Å². The van der Waals surface area contributed by atoms with Gasteiger partial charge in [0.1, 0.15) is 4.33 Å². The lowest BCUT2D eigenvalue weighted by molar-refractivity contribution is 0.125. The number of anilines is 1. The van der Waals surface area contributed by atoms with Crippen LogP contribution in [0.15, 0.2) is 29.2 Å². The van der Waals surface area contributed by atoms with Crippen LogP contribution in [0.3, 0.4) is 0 Å². The van der Waals surface area contributed by atoms with Crippen molar-refractivity contribution in [3.63, 3.8) is 0 Å². The van der Waals surface area contributed by atoms with Crippen LogP contribution in [0.5, 0.6) is 0 Å². The Morgan fingerprint density at radius 1 is 1.28 bits per heavy atom. The van der Waals surface area contributed by atoms with Gasteiger partial charge in [-0.05, 0) is 32.4 Å². The number of nitrogens with zero attached hydrogens (tertiary/aromatic N) is 2. The van der Waals surface area contributed by atoms with Gasteiger partial charge in [0.05, 0.1) is 5.69 Å². The van der Waals surface area contributed by atoms with Gasteiger partial charge in [-0.2, -0.15) is 0 Å². The van der Waals surface area contributed by atoms with E-state index in [1.54, 1.807) is 11.8 Å². The Morgan fingerprint density at radius 3 is 2.52 bits per heavy atom. The van der Waals surface area contributed by atoms with Crippen molar-refractivity contribution >= 4 is 46.7 Å². The van der Waals surface area contributed by atoms with E-state index in [0.29, 0.717) is 12.0 Å². The minimum atomic E-state index is -0.554. The largest absolute Gasteiger partial charge is 0.322 e. The van der Waals surface area contributed by atoms with Crippen LogP contribution in [0, 0.1) is 5.92 Å². The van der Waals surface area contributed by atoms with Crippen LogP contribution in [0.25, 0.3) is 0 Å². The Balaban J connectivity index is 1.55. The average molecular weight is 402 g/mol. The second-order valence-corrected chi connectivity index (χ2v) is 9.62. The van der Waals surface area contributed by atoms with Crippen LogP contribution in [-0.2, 0) is 0 Å². The third-order valence-corrected chi connectivity index (χ3v) is 7.02. The van der Waals surface area contributed by atoms with E-state index < -0.39 is 4.33 Å². The predicted octanol–water partition coefficient (Wildman–Crippen LogP) is 4.53. The van der Waals surface area contributed by atoms with E-state index in [-0.39, 0.29) is 6.03 Å². The van der Waals surface area contributed by atoms with Gasteiger partial charge in [-0.1, -0.05) is 12.1 Å². The van der Waals surface area contributed by atoms with Crippen LogP contribution < -0.4 is 5.32 Å². The van der Waals surface area contributed by atoms with Gasteiger partial charge in [-0.25, -0.2) is 4.79 Å². The Hall–Kier alpha value is -0.620. The number of halogens is 2. The number of urea groups is 1. The first-order valence-corrected chi connectivity index (χ1v) is 10.5. The molecule has 0 radical (unpaired) electrons. The first-order valence-electron chi connectivity index (χ1n) is 8.76. The molecule has 1 aromatic rings. The minimum absolute atomic E-state index is 0.0214. The van der Waals surface area contributed by atoms with E-state index in [4.69, 9.17) is 23.2 Å². The predicted molar refractivity (Wildman–Crippen MR) is 107 cm³/mol. The molecule has 4 nitrogen and oxygen atoms in total. The fourth-order valence-electron chi connectivity index (χ4n) is 2.97. The van der Waals surface area contributed by atoms with Gasteiger partial charge in [-0.3, -0.25) is 4.90 Å². The minimum Gasteiger partial charge on any atom is -0.322 e. The number of nitrogens with one attached hydrogen (secondary N) is 1. The fraction of sp³-hybridized carbons (Fsp3) is 0.611. The second kappa shape index (κ2) is 7.95. The second-order valence-electron chi connectivity index (χ2n) is 7.02. The highest BCUT2D eigenvalue weighted by molar-refractivity contribution is 7.99. The lowest BCUT2D eigenvalue weighted by atomic mass is 10.2. The molecule has 1 saturated carbocycles. The molecule has 1 saturated heterocycles. The molecule has 1 aliphatic heterocycles. The quantitative estimate of drug-likeness (QED) is 0.581. The lowest BCUT2D eigenvalue weighted by Crippen LogP contribution is -2.51. The summed E-state index contributed by atoms with van der Waals surface area (Å²) in [5.74, 6) is 1.20. The van der Waals surface area contributed by atoms with Crippen molar-refractivity contribution < 1.29 is 4.79 Å². The number of para-hydroxylation sites is 1. The molecular weight excluding hydrogens is 377 g/mol. The van der Waals surface area contributed by atoms with Crippen molar-refractivity contribution in [3.05, 3.63) is 24.3 Å². The third kappa shape index (κ3) is 4.97. The fourth-order valence-corrected chi connectivity index (χ4v) is 4.91. The molecule has 2 aliphatic rings. The summed E-state index contributed by atoms with van der Waals surface area (Å²) in [5, 5.41) is 3.07. The summed E-state index contributed by atoms with van der Waals surface area (Å²) in [6.45, 7) is 7.77. The van der Waals surface area contributed by atoms with Crippen LogP contribution >= 0.6 is 35.0 Å². The Bertz CT molecular complexity index is 618. The Kier molecular flexibility index (Phi) is 6.09. The maximum atomic E-state index is 12.6. The zero-order valence-electron chi connectivity index (χ0n) is 14.7. The number of hydrogen-bond acceptors (Lipinski definition) is 3. The van der Waals surface area contributed by atoms with Crippen LogP contribution in [0.4, 0.5) is 10.5 Å². The summed E-state index contributed by atoms with van der Waals surface area (Å²) in [6, 6.07) is 8.42. The average Bonchev–Trinajstić information content (AvgIpc) is 3.21. The molecule has 7 heteroatoms. The standard InChI is InChI=1S/C18H25Cl2N3OS/c1-13(2)22-7-9-23(10-8-22)17(24)21-15-5-3-4-6-16(15)25-12-14-11-18(14,19)20/h3-6,13-14H,7-12H2,1-2H3,(H,21,24). The molecule has 0 aromatic heterocycles. The number of benzene rings is 1. The summed E-state index contributed by atoms with van der Waals surface area (Å²) < 4.78 is -0.554. The van der Waals surface area contributed by atoms with E-state index in [1.807, 2.05) is 29.2 Å². The molecule has 1 aromatic carbocycles. The molecule has 1 aliphatic carbocycles. The third-order valence-electron chi connectivity index (χ3n) is 4.86. The summed E-state index contributed by atoms with van der Waals surface area (Å²) in [5.41, 5.74) is 0.860. The summed E-state index contributed by atoms with van der Waals surface area (Å²) >= 11 is 13.9. The number of carbonyl (C=O) groups is 1. The number of piperazine rings is 1. The van der Waals surface area contributed by atoms with E-state index in [0.717, 1.165) is 48.9 Å². The molecule has 1 N–H and O–H groups in total. The molecule has 25 heavy (non-hydrogen) atoms. The van der Waals surface area contributed by atoms with Crippen molar-refractivity contribution in [1.82, 2.24) is 9.80 Å². The van der Waals surface area contributed by atoms with E-state index in [2.05, 4.69) is 24.1 Å². The van der Waals surface area contributed by atoms with Gasteiger partial charge in [0, 0.05) is 48.8 Å². The number of alkyl halides is 2. The zero-order valence-corrected chi connectivity index (χ0v) is 17.0. The molecule has 3 rings (SSSR count). The van der Waals surface area contributed by atoms with Gasteiger partial charge in [0.2, 0.25) is 0 Å². The van der Waals surface area contributed by atoms with Crippen molar-refractivity contribution in [1.29, 1.82) is 0 Å². The molecule has 1 atom stereocenters. The van der Waals surface area contributed by atoms with E-state index in [1.165, 1.54) is 0 Å². The molecule has 2 fully saturated rings. The van der Waals surface area contributed by atoms with E-state index in [9.17, 15) is 4.79 Å². The van der Waals surface area contributed by atoms with Crippen molar-refractivity contribution in [2.24, 2.45) is 5.92 Å². The number of hydrogen-bond donors (Lipinski definition) is 1. The number of rotatable bonds is 5. The molecule has 2 amide bonds. The summed E-state index contributed by atoms with van der Waals surface area (Å²) in [7, 11) is 0. The number of thioether (sulfide) groups is 1. The van der Waals surface area contributed by atoms with Crippen LogP contribution in [0.2, 0.25) is 0 Å². The highest BCUT2D eigenvalue weighted by Crippen LogP contribution is 2.55. The normalized spacial score (nSPS) is 22.9. The number of carbonyl (C=O) groups excluding carboxylic acids is 1. The zero-order chi connectivity index (χ0) is 18.0. The Labute approximate surface area is 164 Å². The number of amides is 2. The van der Waals surface area contributed by atoms with Gasteiger partial charge in [0.15, 0.2) is 0 Å². The molecule has 138 valence electrons. The molecule has 1 heterocycles. The van der Waals surface area contributed by atoms with Crippen LogP contribution in [0.1, 0.15) is 20.3 Å². The highest BCUT2D eigenvalue weighted by Gasteiger charge is 2.51. The van der Waals surface area contributed by atoms with Crippen molar-refractivity contribution in [3.8, 4) is 0 Å². The maximum absolute atomic E-state index is 12.6.